The van der Waals surface area contributed by atoms with Gasteiger partial charge < -0.3 is 10.2 Å². The summed E-state index contributed by atoms with van der Waals surface area (Å²) in [6.45, 7) is 5.46. The zero-order chi connectivity index (χ0) is 17.7. The summed E-state index contributed by atoms with van der Waals surface area (Å²) < 4.78 is 0. The molecule has 0 atom stereocenters. The number of hydrogen-bond donors (Lipinski definition) is 2. The van der Waals surface area contributed by atoms with Gasteiger partial charge in [-0.25, -0.2) is 0 Å². The summed E-state index contributed by atoms with van der Waals surface area (Å²) in [7, 11) is 0. The van der Waals surface area contributed by atoms with Crippen molar-refractivity contribution in [2.75, 3.05) is 0 Å². The van der Waals surface area contributed by atoms with E-state index in [1.54, 1.807) is 12.1 Å². The highest BCUT2D eigenvalue weighted by molar-refractivity contribution is 6.00. The minimum atomic E-state index is -0.135. The van der Waals surface area contributed by atoms with Crippen molar-refractivity contribution in [1.82, 2.24) is 0 Å². The third-order valence-electron chi connectivity index (χ3n) is 3.73. The molecule has 0 unspecified atom stereocenters. The molecule has 2 aromatic carbocycles. The second-order valence-corrected chi connectivity index (χ2v) is 5.55. The van der Waals surface area contributed by atoms with Crippen LogP contribution in [0.25, 0.3) is 11.1 Å². The number of ketones is 2. The molecule has 24 heavy (non-hydrogen) atoms. The normalized spacial score (nSPS) is 10.4. The minimum absolute atomic E-state index is 0.0304. The van der Waals surface area contributed by atoms with E-state index in [-0.39, 0.29) is 29.5 Å². The van der Waals surface area contributed by atoms with Crippen LogP contribution >= 0.6 is 0 Å². The number of carbonyl (C=O) groups is 2. The topological polar surface area (TPSA) is 74.6 Å². The van der Waals surface area contributed by atoms with E-state index in [0.29, 0.717) is 28.7 Å². The maximum atomic E-state index is 12.1. The maximum Gasteiger partial charge on any atom is 0.166 e. The number of rotatable bonds is 7. The lowest BCUT2D eigenvalue weighted by molar-refractivity contribution is 0.0978. The Kier molecular flexibility index (Phi) is 5.53. The molecule has 0 amide bonds. The fourth-order valence-electron chi connectivity index (χ4n) is 2.47. The smallest absolute Gasteiger partial charge is 0.166 e. The summed E-state index contributed by atoms with van der Waals surface area (Å²) in [5.74, 6) is -0.298. The lowest BCUT2D eigenvalue weighted by atomic mass is 9.95. The zero-order valence-electron chi connectivity index (χ0n) is 13.6. The Morgan fingerprint density at radius 2 is 1.46 bits per heavy atom. The van der Waals surface area contributed by atoms with Crippen molar-refractivity contribution >= 4 is 11.6 Å². The first-order valence-corrected chi connectivity index (χ1v) is 7.81. The van der Waals surface area contributed by atoms with Gasteiger partial charge in [0, 0.05) is 35.1 Å². The molecule has 2 rings (SSSR count). The molecular formula is C20H20O4. The van der Waals surface area contributed by atoms with Gasteiger partial charge in [-0.3, -0.25) is 9.59 Å². The molecule has 0 aromatic heterocycles. The van der Waals surface area contributed by atoms with Crippen molar-refractivity contribution in [1.29, 1.82) is 0 Å². The first-order valence-electron chi connectivity index (χ1n) is 7.81. The first kappa shape index (κ1) is 17.5. The van der Waals surface area contributed by atoms with Gasteiger partial charge in [0.2, 0.25) is 0 Å². The number of benzene rings is 2. The van der Waals surface area contributed by atoms with Crippen molar-refractivity contribution in [2.45, 2.75) is 26.2 Å². The average molecular weight is 324 g/mol. The largest absolute Gasteiger partial charge is 0.507 e. The van der Waals surface area contributed by atoms with Gasteiger partial charge in [-0.15, -0.1) is 6.58 Å². The molecule has 0 aliphatic rings. The van der Waals surface area contributed by atoms with Crippen LogP contribution in [0.2, 0.25) is 0 Å². The maximum absolute atomic E-state index is 12.1. The number of aromatic hydroxyl groups is 2. The molecule has 0 heterocycles. The summed E-state index contributed by atoms with van der Waals surface area (Å²) in [4.78, 5) is 24.1. The highest BCUT2D eigenvalue weighted by Crippen LogP contribution is 2.37. The van der Waals surface area contributed by atoms with Crippen LogP contribution in [0, 0.1) is 0 Å². The lowest BCUT2D eigenvalue weighted by Gasteiger charge is -2.11. The van der Waals surface area contributed by atoms with Gasteiger partial charge in [0.15, 0.2) is 11.6 Å². The Bertz CT molecular complexity index is 790. The van der Waals surface area contributed by atoms with Gasteiger partial charge in [-0.1, -0.05) is 13.0 Å². The van der Waals surface area contributed by atoms with Gasteiger partial charge >= 0.3 is 0 Å². The van der Waals surface area contributed by atoms with E-state index in [2.05, 4.69) is 6.58 Å². The summed E-state index contributed by atoms with van der Waals surface area (Å²) in [5, 5.41) is 20.3. The van der Waals surface area contributed by atoms with Crippen LogP contribution < -0.4 is 0 Å². The Morgan fingerprint density at radius 3 is 1.92 bits per heavy atom. The van der Waals surface area contributed by atoms with Gasteiger partial charge in [0.25, 0.3) is 0 Å². The molecule has 124 valence electrons. The number of phenols is 2. The van der Waals surface area contributed by atoms with E-state index in [1.165, 1.54) is 30.3 Å². The van der Waals surface area contributed by atoms with Crippen LogP contribution in [0.1, 0.15) is 46.9 Å². The third-order valence-corrected chi connectivity index (χ3v) is 3.73. The standard InChI is InChI=1S/C20H20O4/c1-3-5-17(21)13-7-9-19(23)15(11-13)16-12-14(8-10-20(16)24)18(22)6-4-2/h3,7-12,23-24H,1,4-6H2,2H3. The highest BCUT2D eigenvalue weighted by atomic mass is 16.3. The quantitative estimate of drug-likeness (QED) is 0.580. The van der Waals surface area contributed by atoms with E-state index in [0.717, 1.165) is 6.42 Å². The molecule has 0 bridgehead atoms. The number of carbonyl (C=O) groups excluding carboxylic acids is 2. The molecule has 0 aliphatic carbocycles. The Balaban J connectivity index is 2.52. The molecule has 0 fully saturated rings. The van der Waals surface area contributed by atoms with Gasteiger partial charge in [0.1, 0.15) is 11.5 Å². The van der Waals surface area contributed by atoms with Crippen molar-refractivity contribution in [3.8, 4) is 22.6 Å². The summed E-state index contributed by atoms with van der Waals surface area (Å²) >= 11 is 0. The monoisotopic (exact) mass is 324 g/mol. The molecule has 2 N–H and O–H groups in total. The number of allylic oxidation sites excluding steroid dienone is 1. The second kappa shape index (κ2) is 7.59. The number of Topliss-reactive ketones (excluding diaryl/α,β-unsaturated/α-hetero) is 2. The number of phenolic OH excluding ortho intramolecular Hbond substituents is 2. The number of hydrogen-bond acceptors (Lipinski definition) is 4. The highest BCUT2D eigenvalue weighted by Gasteiger charge is 2.15. The molecule has 4 heteroatoms. The molecule has 0 radical (unpaired) electrons. The van der Waals surface area contributed by atoms with Crippen molar-refractivity contribution in [3.63, 3.8) is 0 Å². The second-order valence-electron chi connectivity index (χ2n) is 5.55. The third kappa shape index (κ3) is 3.71. The predicted octanol–water partition coefficient (Wildman–Crippen LogP) is 4.51. The lowest BCUT2D eigenvalue weighted by Crippen LogP contribution is -1.99. The van der Waals surface area contributed by atoms with E-state index >= 15 is 0 Å². The summed E-state index contributed by atoms with van der Waals surface area (Å²) in [6, 6.07) is 8.98. The predicted molar refractivity (Wildman–Crippen MR) is 93.6 cm³/mol. The van der Waals surface area contributed by atoms with Crippen molar-refractivity contribution in [2.24, 2.45) is 0 Å². The van der Waals surface area contributed by atoms with Crippen LogP contribution in [-0.4, -0.2) is 21.8 Å². The fourth-order valence-corrected chi connectivity index (χ4v) is 2.47. The molecule has 0 spiro atoms. The fraction of sp³-hybridized carbons (Fsp3) is 0.200. The van der Waals surface area contributed by atoms with Crippen molar-refractivity contribution < 1.29 is 19.8 Å². The molecule has 0 saturated carbocycles. The Labute approximate surface area is 141 Å². The Hall–Kier alpha value is -2.88. The SMILES string of the molecule is C=CCC(=O)c1ccc(O)c(-c2cc(C(=O)CCC)ccc2O)c1. The molecule has 0 saturated heterocycles. The molecular weight excluding hydrogens is 304 g/mol. The molecule has 0 aliphatic heterocycles. The van der Waals surface area contributed by atoms with E-state index < -0.39 is 0 Å². The van der Waals surface area contributed by atoms with Gasteiger partial charge in [-0.2, -0.15) is 0 Å². The average Bonchev–Trinajstić information content (AvgIpc) is 2.56. The molecule has 2 aromatic rings. The molecule has 4 nitrogen and oxygen atoms in total. The van der Waals surface area contributed by atoms with Crippen LogP contribution in [0.3, 0.4) is 0 Å². The first-order chi connectivity index (χ1) is 11.5. The van der Waals surface area contributed by atoms with Crippen molar-refractivity contribution in [3.05, 3.63) is 60.2 Å². The van der Waals surface area contributed by atoms with Crippen LogP contribution in [0.5, 0.6) is 11.5 Å². The summed E-state index contributed by atoms with van der Waals surface area (Å²) in [5.41, 5.74) is 1.51. The summed E-state index contributed by atoms with van der Waals surface area (Å²) in [6.07, 6.45) is 2.83. The van der Waals surface area contributed by atoms with Crippen LogP contribution in [-0.2, 0) is 0 Å². The van der Waals surface area contributed by atoms with Crippen LogP contribution in [0.4, 0.5) is 0 Å². The zero-order valence-corrected chi connectivity index (χ0v) is 13.6. The van der Waals surface area contributed by atoms with E-state index in [9.17, 15) is 19.8 Å². The van der Waals surface area contributed by atoms with Crippen LogP contribution in [0.15, 0.2) is 49.1 Å². The van der Waals surface area contributed by atoms with E-state index in [1.807, 2.05) is 6.92 Å². The van der Waals surface area contributed by atoms with Gasteiger partial charge in [-0.05, 0) is 42.8 Å². The van der Waals surface area contributed by atoms with Gasteiger partial charge in [0.05, 0.1) is 0 Å². The van der Waals surface area contributed by atoms with E-state index in [4.69, 9.17) is 0 Å². The Morgan fingerprint density at radius 1 is 0.958 bits per heavy atom. The minimum Gasteiger partial charge on any atom is -0.507 e.